The molecule has 0 aliphatic carbocycles. The van der Waals surface area contributed by atoms with Crippen molar-refractivity contribution >= 4 is 39.9 Å². The van der Waals surface area contributed by atoms with E-state index in [1.807, 2.05) is 60.8 Å². The van der Waals surface area contributed by atoms with Gasteiger partial charge in [0, 0.05) is 15.8 Å². The summed E-state index contributed by atoms with van der Waals surface area (Å²) in [6, 6.07) is 20.1. The SMILES string of the molecule is Cc1ccc2nc(-c3ccccc3)nc(S[C@H](C)C(=O)NCc3cccs3)c2c1. The zero-order valence-electron chi connectivity index (χ0n) is 16.3. The average Bonchev–Trinajstić information content (AvgIpc) is 3.26. The normalized spacial score (nSPS) is 12.1. The van der Waals surface area contributed by atoms with Crippen molar-refractivity contribution in [1.82, 2.24) is 15.3 Å². The Balaban J connectivity index is 1.62. The lowest BCUT2D eigenvalue weighted by Gasteiger charge is -2.14. The summed E-state index contributed by atoms with van der Waals surface area (Å²) in [7, 11) is 0. The van der Waals surface area contributed by atoms with Crippen LogP contribution in [-0.2, 0) is 11.3 Å². The molecule has 6 heteroatoms. The first-order chi connectivity index (χ1) is 14.1. The van der Waals surface area contributed by atoms with Crippen molar-refractivity contribution in [2.75, 3.05) is 0 Å². The molecule has 0 fully saturated rings. The van der Waals surface area contributed by atoms with Crippen LogP contribution in [0.1, 0.15) is 17.4 Å². The molecule has 1 amide bonds. The molecule has 4 rings (SSSR count). The topological polar surface area (TPSA) is 54.9 Å². The third kappa shape index (κ3) is 4.66. The number of thiophene rings is 1. The van der Waals surface area contributed by atoms with E-state index in [-0.39, 0.29) is 11.2 Å². The second kappa shape index (κ2) is 8.76. The molecule has 1 atom stereocenters. The number of hydrogen-bond acceptors (Lipinski definition) is 5. The predicted molar refractivity (Wildman–Crippen MR) is 121 cm³/mol. The molecule has 146 valence electrons. The highest BCUT2D eigenvalue weighted by Crippen LogP contribution is 2.31. The lowest BCUT2D eigenvalue weighted by Crippen LogP contribution is -2.30. The van der Waals surface area contributed by atoms with Crippen molar-refractivity contribution in [2.45, 2.75) is 30.7 Å². The molecular formula is C23H21N3OS2. The van der Waals surface area contributed by atoms with Crippen LogP contribution < -0.4 is 5.32 Å². The number of nitrogens with zero attached hydrogens (tertiary/aromatic N) is 2. The van der Waals surface area contributed by atoms with Crippen LogP contribution in [0.3, 0.4) is 0 Å². The highest BCUT2D eigenvalue weighted by atomic mass is 32.2. The first kappa shape index (κ1) is 19.6. The fourth-order valence-corrected chi connectivity index (χ4v) is 4.57. The van der Waals surface area contributed by atoms with Crippen LogP contribution in [0.2, 0.25) is 0 Å². The highest BCUT2D eigenvalue weighted by Gasteiger charge is 2.18. The summed E-state index contributed by atoms with van der Waals surface area (Å²) in [5.74, 6) is 0.680. The Bertz CT molecular complexity index is 1130. The van der Waals surface area contributed by atoms with Gasteiger partial charge in [-0.2, -0.15) is 0 Å². The van der Waals surface area contributed by atoms with Gasteiger partial charge < -0.3 is 5.32 Å². The zero-order chi connectivity index (χ0) is 20.2. The maximum Gasteiger partial charge on any atom is 0.233 e. The van der Waals surface area contributed by atoms with Gasteiger partial charge in [-0.3, -0.25) is 4.79 Å². The van der Waals surface area contributed by atoms with Gasteiger partial charge in [0.25, 0.3) is 0 Å². The first-order valence-electron chi connectivity index (χ1n) is 9.41. The Kier molecular flexibility index (Phi) is 5.92. The van der Waals surface area contributed by atoms with Gasteiger partial charge in [0.1, 0.15) is 5.03 Å². The number of nitrogens with one attached hydrogen (secondary N) is 1. The van der Waals surface area contributed by atoms with Gasteiger partial charge in [0.15, 0.2) is 5.82 Å². The summed E-state index contributed by atoms with van der Waals surface area (Å²) >= 11 is 3.12. The van der Waals surface area contributed by atoms with E-state index in [0.717, 1.165) is 31.9 Å². The molecule has 0 aliphatic heterocycles. The van der Waals surface area contributed by atoms with Crippen LogP contribution in [0, 0.1) is 6.92 Å². The Morgan fingerprint density at radius 1 is 1.10 bits per heavy atom. The standard InChI is InChI=1S/C23H21N3OS2/c1-15-10-11-20-19(13-15)23(26-21(25-20)17-7-4-3-5-8-17)29-16(2)22(27)24-14-18-9-6-12-28-18/h3-13,16H,14H2,1-2H3,(H,24,27)/t16-/m1/s1. The Morgan fingerprint density at radius 2 is 1.93 bits per heavy atom. The van der Waals surface area contributed by atoms with Crippen molar-refractivity contribution in [1.29, 1.82) is 0 Å². The molecule has 0 unspecified atom stereocenters. The third-order valence-corrected chi connectivity index (χ3v) is 6.50. The minimum Gasteiger partial charge on any atom is -0.350 e. The van der Waals surface area contributed by atoms with Crippen LogP contribution >= 0.6 is 23.1 Å². The molecule has 1 N–H and O–H groups in total. The summed E-state index contributed by atoms with van der Waals surface area (Å²) in [4.78, 5) is 23.3. The Labute approximate surface area is 178 Å². The maximum atomic E-state index is 12.6. The van der Waals surface area contributed by atoms with Gasteiger partial charge in [0.05, 0.1) is 17.3 Å². The molecular weight excluding hydrogens is 398 g/mol. The van der Waals surface area contributed by atoms with Crippen LogP contribution in [-0.4, -0.2) is 21.1 Å². The van der Waals surface area contributed by atoms with Crippen molar-refractivity contribution in [3.8, 4) is 11.4 Å². The number of thioether (sulfide) groups is 1. The molecule has 0 saturated heterocycles. The fourth-order valence-electron chi connectivity index (χ4n) is 2.97. The first-order valence-corrected chi connectivity index (χ1v) is 11.2. The number of fused-ring (bicyclic) bond motifs is 1. The van der Waals surface area contributed by atoms with E-state index in [1.165, 1.54) is 11.8 Å². The Morgan fingerprint density at radius 3 is 2.69 bits per heavy atom. The third-order valence-electron chi connectivity index (χ3n) is 4.52. The van der Waals surface area contributed by atoms with Gasteiger partial charge in [-0.1, -0.05) is 59.8 Å². The van der Waals surface area contributed by atoms with Crippen LogP contribution in [0.4, 0.5) is 0 Å². The molecule has 4 aromatic rings. The fraction of sp³-hybridized carbons (Fsp3) is 0.174. The van der Waals surface area contributed by atoms with Gasteiger partial charge >= 0.3 is 0 Å². The number of amides is 1. The molecule has 0 spiro atoms. The summed E-state index contributed by atoms with van der Waals surface area (Å²) in [5.41, 5.74) is 3.00. The van der Waals surface area contributed by atoms with E-state index < -0.39 is 0 Å². The molecule has 0 bridgehead atoms. The quantitative estimate of drug-likeness (QED) is 0.333. The molecule has 2 aromatic carbocycles. The zero-order valence-corrected chi connectivity index (χ0v) is 17.9. The number of rotatable bonds is 6. The minimum absolute atomic E-state index is 0.00377. The monoisotopic (exact) mass is 419 g/mol. The van der Waals surface area contributed by atoms with E-state index in [0.29, 0.717) is 12.4 Å². The summed E-state index contributed by atoms with van der Waals surface area (Å²) < 4.78 is 0. The molecule has 0 radical (unpaired) electrons. The van der Waals surface area contributed by atoms with Crippen molar-refractivity contribution in [2.24, 2.45) is 0 Å². The molecule has 29 heavy (non-hydrogen) atoms. The largest absolute Gasteiger partial charge is 0.350 e. The van der Waals surface area contributed by atoms with Crippen molar-refractivity contribution in [3.05, 3.63) is 76.5 Å². The number of hydrogen-bond donors (Lipinski definition) is 1. The van der Waals surface area contributed by atoms with Gasteiger partial charge in [-0.05, 0) is 37.4 Å². The number of aromatic nitrogens is 2. The predicted octanol–water partition coefficient (Wildman–Crippen LogP) is 5.46. The molecule has 0 aliphatic rings. The molecule has 0 saturated carbocycles. The number of carbonyl (C=O) groups is 1. The summed E-state index contributed by atoms with van der Waals surface area (Å²) in [6.45, 7) is 4.52. The van der Waals surface area contributed by atoms with Crippen LogP contribution in [0.25, 0.3) is 22.3 Å². The minimum atomic E-state index is -0.266. The van der Waals surface area contributed by atoms with E-state index in [1.54, 1.807) is 11.3 Å². The lowest BCUT2D eigenvalue weighted by atomic mass is 10.1. The molecule has 4 nitrogen and oxygen atoms in total. The van der Waals surface area contributed by atoms with E-state index in [2.05, 4.69) is 24.4 Å². The van der Waals surface area contributed by atoms with Crippen molar-refractivity contribution < 1.29 is 4.79 Å². The van der Waals surface area contributed by atoms with Crippen LogP contribution in [0.5, 0.6) is 0 Å². The maximum absolute atomic E-state index is 12.6. The van der Waals surface area contributed by atoms with E-state index in [4.69, 9.17) is 9.97 Å². The molecule has 2 aromatic heterocycles. The highest BCUT2D eigenvalue weighted by molar-refractivity contribution is 8.00. The second-order valence-electron chi connectivity index (χ2n) is 6.80. The Hall–Kier alpha value is -2.70. The van der Waals surface area contributed by atoms with Crippen molar-refractivity contribution in [3.63, 3.8) is 0 Å². The number of benzene rings is 2. The van der Waals surface area contributed by atoms with E-state index >= 15 is 0 Å². The van der Waals surface area contributed by atoms with Gasteiger partial charge in [-0.15, -0.1) is 11.3 Å². The second-order valence-corrected chi connectivity index (χ2v) is 9.16. The molecule has 2 heterocycles. The van der Waals surface area contributed by atoms with E-state index in [9.17, 15) is 4.79 Å². The summed E-state index contributed by atoms with van der Waals surface area (Å²) in [5, 5.41) is 6.57. The van der Waals surface area contributed by atoms with Gasteiger partial charge in [0.2, 0.25) is 5.91 Å². The summed E-state index contributed by atoms with van der Waals surface area (Å²) in [6.07, 6.45) is 0. The smallest absolute Gasteiger partial charge is 0.233 e. The number of carbonyl (C=O) groups excluding carboxylic acids is 1. The average molecular weight is 420 g/mol. The van der Waals surface area contributed by atoms with Gasteiger partial charge in [-0.25, -0.2) is 9.97 Å². The van der Waals surface area contributed by atoms with Crippen LogP contribution in [0.15, 0.2) is 71.1 Å². The number of aryl methyl sites for hydroxylation is 1. The lowest BCUT2D eigenvalue weighted by molar-refractivity contribution is -0.120.